The molecule has 0 bridgehead atoms. The summed E-state index contributed by atoms with van der Waals surface area (Å²) in [6, 6.07) is 0. The minimum atomic E-state index is -4.18. The molecule has 24 heavy (non-hydrogen) atoms. The van der Waals surface area contributed by atoms with Crippen LogP contribution in [0.4, 0.5) is 13.2 Å². The van der Waals surface area contributed by atoms with Gasteiger partial charge in [0.05, 0.1) is 12.0 Å². The third-order valence-electron chi connectivity index (χ3n) is 5.20. The summed E-state index contributed by atoms with van der Waals surface area (Å²) in [4.78, 5) is 1.82. The fraction of sp³-hybridized carbons (Fsp3) is 0.933. The fourth-order valence-electron chi connectivity index (χ4n) is 3.56. The molecule has 2 aliphatic heterocycles. The van der Waals surface area contributed by atoms with Gasteiger partial charge in [0, 0.05) is 26.3 Å². The number of nitrogens with zero attached hydrogens (tertiary/aromatic N) is 5. The molecule has 1 atom stereocenters. The highest BCUT2D eigenvalue weighted by Gasteiger charge is 2.52. The predicted octanol–water partition coefficient (Wildman–Crippen LogP) is 2.26. The van der Waals surface area contributed by atoms with Gasteiger partial charge >= 0.3 is 6.18 Å². The monoisotopic (exact) mass is 347 g/mol. The van der Waals surface area contributed by atoms with Crippen LogP contribution < -0.4 is 0 Å². The van der Waals surface area contributed by atoms with E-state index in [1.165, 1.54) is 6.92 Å². The highest BCUT2D eigenvalue weighted by atomic mass is 19.4. The fourth-order valence-corrected chi connectivity index (χ4v) is 3.56. The van der Waals surface area contributed by atoms with E-state index in [2.05, 4.69) is 15.5 Å². The van der Waals surface area contributed by atoms with Crippen LogP contribution >= 0.6 is 0 Å². The second kappa shape index (κ2) is 6.95. The van der Waals surface area contributed by atoms with Gasteiger partial charge in [-0.2, -0.15) is 13.2 Å². The molecule has 1 aromatic heterocycles. The lowest BCUT2D eigenvalue weighted by Gasteiger charge is -2.41. The topological polar surface area (TPSA) is 56.1 Å². The number of halogens is 3. The molecule has 0 aliphatic carbocycles. The predicted molar refractivity (Wildman–Crippen MR) is 80.0 cm³/mol. The molecule has 1 unspecified atom stereocenters. The molecule has 6 nitrogen and oxygen atoms in total. The zero-order valence-electron chi connectivity index (χ0n) is 13.9. The van der Waals surface area contributed by atoms with Crippen molar-refractivity contribution >= 4 is 0 Å². The van der Waals surface area contributed by atoms with Crippen LogP contribution in [0.25, 0.3) is 0 Å². The Hall–Kier alpha value is -1.22. The summed E-state index contributed by atoms with van der Waals surface area (Å²) in [5, 5.41) is 11.8. The molecule has 0 radical (unpaired) electrons. The highest BCUT2D eigenvalue weighted by molar-refractivity contribution is 4.92. The molecule has 0 amide bonds. The number of likely N-dealkylation sites (tertiary alicyclic amines) is 1. The summed E-state index contributed by atoms with van der Waals surface area (Å²) in [7, 11) is 0. The van der Waals surface area contributed by atoms with E-state index in [4.69, 9.17) is 4.74 Å². The van der Waals surface area contributed by atoms with Gasteiger partial charge in [0.1, 0.15) is 0 Å². The minimum absolute atomic E-state index is 0.000624. The molecule has 2 fully saturated rings. The van der Waals surface area contributed by atoms with Crippen LogP contribution in [0.5, 0.6) is 0 Å². The SMILES string of the molecule is CC1(C(F)(F)F)CCCN(Cc2nnnn2CC2CCOCC2)C1. The maximum Gasteiger partial charge on any atom is 0.395 e. The van der Waals surface area contributed by atoms with Gasteiger partial charge in [-0.05, 0) is 55.5 Å². The quantitative estimate of drug-likeness (QED) is 0.836. The van der Waals surface area contributed by atoms with Crippen LogP contribution in [0.3, 0.4) is 0 Å². The van der Waals surface area contributed by atoms with Gasteiger partial charge in [0.2, 0.25) is 0 Å². The van der Waals surface area contributed by atoms with Crippen molar-refractivity contribution in [3.63, 3.8) is 0 Å². The van der Waals surface area contributed by atoms with E-state index in [-0.39, 0.29) is 13.0 Å². The van der Waals surface area contributed by atoms with Crippen LogP contribution in [0, 0.1) is 11.3 Å². The first kappa shape index (κ1) is 17.6. The largest absolute Gasteiger partial charge is 0.395 e. The summed E-state index contributed by atoms with van der Waals surface area (Å²) in [5.74, 6) is 1.11. The lowest BCUT2D eigenvalue weighted by molar-refractivity contribution is -0.233. The Bertz CT molecular complexity index is 543. The lowest BCUT2D eigenvalue weighted by Crippen LogP contribution is -2.49. The second-order valence-corrected chi connectivity index (χ2v) is 7.21. The zero-order chi connectivity index (χ0) is 17.2. The Balaban J connectivity index is 1.63. The lowest BCUT2D eigenvalue weighted by atomic mass is 9.81. The van der Waals surface area contributed by atoms with E-state index in [9.17, 15) is 13.2 Å². The molecular weight excluding hydrogens is 323 g/mol. The summed E-state index contributed by atoms with van der Waals surface area (Å²) in [5.41, 5.74) is -1.65. The summed E-state index contributed by atoms with van der Waals surface area (Å²) < 4.78 is 46.9. The number of alkyl halides is 3. The van der Waals surface area contributed by atoms with Crippen molar-refractivity contribution in [1.82, 2.24) is 25.1 Å². The molecule has 2 saturated heterocycles. The number of piperidine rings is 1. The molecule has 3 heterocycles. The number of hydrogen-bond donors (Lipinski definition) is 0. The van der Waals surface area contributed by atoms with E-state index in [0.717, 1.165) is 26.1 Å². The number of hydrogen-bond acceptors (Lipinski definition) is 5. The molecule has 3 rings (SSSR count). The van der Waals surface area contributed by atoms with Crippen molar-refractivity contribution in [2.45, 2.75) is 51.9 Å². The average molecular weight is 347 g/mol. The van der Waals surface area contributed by atoms with E-state index in [1.54, 1.807) is 4.68 Å². The molecule has 0 N–H and O–H groups in total. The van der Waals surface area contributed by atoms with Crippen molar-refractivity contribution in [3.05, 3.63) is 5.82 Å². The molecule has 2 aliphatic rings. The van der Waals surface area contributed by atoms with Crippen LogP contribution in [0.15, 0.2) is 0 Å². The zero-order valence-corrected chi connectivity index (χ0v) is 13.9. The molecule has 0 aromatic carbocycles. The third kappa shape index (κ3) is 3.88. The standard InChI is InChI=1S/C15H24F3N5O/c1-14(15(16,17)18)5-2-6-22(11-14)10-13-19-20-21-23(13)9-12-3-7-24-8-4-12/h12H,2-11H2,1H3. The molecule has 0 saturated carbocycles. The molecule has 9 heteroatoms. The molecule has 0 spiro atoms. The number of tetrazole rings is 1. The van der Waals surface area contributed by atoms with E-state index < -0.39 is 11.6 Å². The molecule has 136 valence electrons. The maximum atomic E-state index is 13.3. The first-order valence-electron chi connectivity index (χ1n) is 8.49. The van der Waals surface area contributed by atoms with Crippen LogP contribution in [0.2, 0.25) is 0 Å². The number of ether oxygens (including phenoxy) is 1. The van der Waals surface area contributed by atoms with Crippen LogP contribution in [0.1, 0.15) is 38.4 Å². The van der Waals surface area contributed by atoms with Gasteiger partial charge in [0.15, 0.2) is 5.82 Å². The van der Waals surface area contributed by atoms with Gasteiger partial charge in [0.25, 0.3) is 0 Å². The Labute approximate surface area is 139 Å². The van der Waals surface area contributed by atoms with E-state index >= 15 is 0 Å². The summed E-state index contributed by atoms with van der Waals surface area (Å²) in [6.45, 7) is 4.52. The number of aromatic nitrogens is 4. The minimum Gasteiger partial charge on any atom is -0.381 e. The Morgan fingerprint density at radius 3 is 2.75 bits per heavy atom. The number of rotatable bonds is 4. The first-order valence-corrected chi connectivity index (χ1v) is 8.49. The normalized spacial score (nSPS) is 27.5. The molecular formula is C15H24F3N5O. The Morgan fingerprint density at radius 2 is 2.04 bits per heavy atom. The Kier molecular flexibility index (Phi) is 5.10. The van der Waals surface area contributed by atoms with Gasteiger partial charge in [-0.25, -0.2) is 4.68 Å². The van der Waals surface area contributed by atoms with Crippen molar-refractivity contribution in [2.24, 2.45) is 11.3 Å². The van der Waals surface area contributed by atoms with Gasteiger partial charge < -0.3 is 4.74 Å². The van der Waals surface area contributed by atoms with Crippen molar-refractivity contribution in [3.8, 4) is 0 Å². The smallest absolute Gasteiger partial charge is 0.381 e. The van der Waals surface area contributed by atoms with Gasteiger partial charge in [-0.1, -0.05) is 0 Å². The first-order chi connectivity index (χ1) is 11.4. The van der Waals surface area contributed by atoms with Gasteiger partial charge in [-0.3, -0.25) is 4.90 Å². The molecule has 1 aromatic rings. The summed E-state index contributed by atoms with van der Waals surface area (Å²) in [6.07, 6.45) is -1.53. The third-order valence-corrected chi connectivity index (χ3v) is 5.20. The van der Waals surface area contributed by atoms with Gasteiger partial charge in [-0.15, -0.1) is 5.10 Å². The van der Waals surface area contributed by atoms with Crippen LogP contribution in [-0.4, -0.2) is 57.6 Å². The summed E-state index contributed by atoms with van der Waals surface area (Å²) >= 11 is 0. The highest BCUT2D eigenvalue weighted by Crippen LogP contribution is 2.44. The average Bonchev–Trinajstić information content (AvgIpc) is 2.94. The second-order valence-electron chi connectivity index (χ2n) is 7.21. The van der Waals surface area contributed by atoms with Crippen molar-refractivity contribution in [1.29, 1.82) is 0 Å². The van der Waals surface area contributed by atoms with E-state index in [0.29, 0.717) is 37.8 Å². The Morgan fingerprint density at radius 1 is 1.29 bits per heavy atom. The maximum absolute atomic E-state index is 13.3. The van der Waals surface area contributed by atoms with Crippen molar-refractivity contribution < 1.29 is 17.9 Å². The van der Waals surface area contributed by atoms with Crippen molar-refractivity contribution in [2.75, 3.05) is 26.3 Å². The van der Waals surface area contributed by atoms with Crippen LogP contribution in [-0.2, 0) is 17.8 Å². The van der Waals surface area contributed by atoms with E-state index in [1.807, 2.05) is 4.90 Å².